The van der Waals surface area contributed by atoms with Crippen molar-refractivity contribution < 1.29 is 4.79 Å². The number of hydrogen-bond acceptors (Lipinski definition) is 6. The largest absolute Gasteiger partial charge is 0.398 e. The van der Waals surface area contributed by atoms with Gasteiger partial charge in [-0.3, -0.25) is 19.2 Å². The first kappa shape index (κ1) is 22.8. The number of amides is 1. The fourth-order valence-corrected chi connectivity index (χ4v) is 4.03. The van der Waals surface area contributed by atoms with Crippen LogP contribution in [0.15, 0.2) is 100 Å². The highest BCUT2D eigenvalue weighted by Crippen LogP contribution is 2.24. The Hall–Kier alpha value is -4.43. The van der Waals surface area contributed by atoms with Crippen LogP contribution in [0.2, 0.25) is 0 Å². The molecule has 5 N–H and O–H groups in total. The molecular weight excluding hydrogens is 428 g/mol. The molecule has 2 aromatic carbocycles. The van der Waals surface area contributed by atoms with E-state index in [1.54, 1.807) is 23.8 Å². The first-order valence-electron chi connectivity index (χ1n) is 10.7. The Morgan fingerprint density at radius 1 is 1.15 bits per heavy atom. The number of nitrogens with two attached hydrogens (primary N) is 2. The highest BCUT2D eigenvalue weighted by Gasteiger charge is 2.24. The van der Waals surface area contributed by atoms with Crippen LogP contribution < -0.4 is 22.5 Å². The number of carbonyl (C=O) groups is 1. The minimum atomic E-state index is -0.561. The van der Waals surface area contributed by atoms with Crippen LogP contribution in [-0.2, 0) is 4.79 Å². The number of nitrogens with one attached hydrogen (secondary N) is 1. The summed E-state index contributed by atoms with van der Waals surface area (Å²) in [5.41, 5.74) is 8.06. The van der Waals surface area contributed by atoms with Crippen molar-refractivity contribution in [1.82, 2.24) is 14.9 Å². The number of fused-ring (bicyclic) bond motifs is 1. The van der Waals surface area contributed by atoms with E-state index in [1.807, 2.05) is 61.5 Å². The van der Waals surface area contributed by atoms with E-state index in [4.69, 9.17) is 11.6 Å². The summed E-state index contributed by atoms with van der Waals surface area (Å²) in [4.78, 5) is 31.1. The minimum absolute atomic E-state index is 0.0252. The summed E-state index contributed by atoms with van der Waals surface area (Å²) < 4.78 is 1.63. The molecule has 0 spiro atoms. The number of aromatic nitrogens is 1. The third-order valence-corrected chi connectivity index (χ3v) is 5.64. The Kier molecular flexibility index (Phi) is 6.16. The van der Waals surface area contributed by atoms with E-state index >= 15 is 0 Å². The summed E-state index contributed by atoms with van der Waals surface area (Å²) >= 11 is 0. The highest BCUT2D eigenvalue weighted by atomic mass is 16.2. The van der Waals surface area contributed by atoms with Gasteiger partial charge >= 0.3 is 0 Å². The Bertz CT molecular complexity index is 1430. The summed E-state index contributed by atoms with van der Waals surface area (Å²) in [7, 11) is 0. The van der Waals surface area contributed by atoms with E-state index in [1.165, 1.54) is 11.2 Å². The molecule has 0 saturated heterocycles. The van der Waals surface area contributed by atoms with E-state index in [0.717, 1.165) is 10.9 Å². The zero-order valence-corrected chi connectivity index (χ0v) is 19.0. The highest BCUT2D eigenvalue weighted by molar-refractivity contribution is 5.99. The lowest BCUT2D eigenvalue weighted by Gasteiger charge is -2.24. The molecule has 8 heteroatoms. The number of hydrazine groups is 1. The van der Waals surface area contributed by atoms with Crippen molar-refractivity contribution in [2.75, 3.05) is 0 Å². The second-order valence-corrected chi connectivity index (χ2v) is 8.03. The fourth-order valence-electron chi connectivity index (χ4n) is 4.03. The second-order valence-electron chi connectivity index (χ2n) is 8.03. The topological polar surface area (TPSA) is 119 Å². The maximum absolute atomic E-state index is 13.7. The normalized spacial score (nSPS) is 15.3. The van der Waals surface area contributed by atoms with Crippen LogP contribution in [0.5, 0.6) is 0 Å². The number of pyridine rings is 1. The van der Waals surface area contributed by atoms with Gasteiger partial charge in [-0.15, -0.1) is 0 Å². The monoisotopic (exact) mass is 454 g/mol. The van der Waals surface area contributed by atoms with E-state index in [-0.39, 0.29) is 22.7 Å². The lowest BCUT2D eigenvalue weighted by Crippen LogP contribution is -2.36. The number of benzene rings is 2. The molecule has 1 aliphatic heterocycles. The van der Waals surface area contributed by atoms with E-state index in [2.05, 4.69) is 16.9 Å². The lowest BCUT2D eigenvalue weighted by atomic mass is 10.0. The molecule has 1 atom stereocenters. The number of para-hydroxylation sites is 1. The molecule has 3 aromatic rings. The molecule has 34 heavy (non-hydrogen) atoms. The standard InChI is InChI=1S/C26H26N6O2/c1-16-9-7-10-19-15-21(32(26(34)22(16)19)20-11-5-4-6-12-20)18(3)30-25(33)23(17(2)27)24-29-13-8-14-31(24)28/h4-15,18H,2,27-28H2,1,3H3,(H,30,33)/b24-23+. The molecule has 0 saturated carbocycles. The van der Waals surface area contributed by atoms with Crippen molar-refractivity contribution in [2.45, 2.75) is 19.9 Å². The van der Waals surface area contributed by atoms with Gasteiger partial charge in [0.05, 0.1) is 11.4 Å². The Morgan fingerprint density at radius 2 is 1.88 bits per heavy atom. The van der Waals surface area contributed by atoms with Crippen LogP contribution in [-0.4, -0.2) is 21.7 Å². The third kappa shape index (κ3) is 4.14. The third-order valence-electron chi connectivity index (χ3n) is 5.64. The van der Waals surface area contributed by atoms with Gasteiger partial charge in [0.25, 0.3) is 11.5 Å². The van der Waals surface area contributed by atoms with Gasteiger partial charge in [0, 0.05) is 29.5 Å². The van der Waals surface area contributed by atoms with Crippen LogP contribution in [0.4, 0.5) is 0 Å². The van der Waals surface area contributed by atoms with Gasteiger partial charge in [0.15, 0.2) is 5.82 Å². The molecule has 1 amide bonds. The van der Waals surface area contributed by atoms with Gasteiger partial charge in [-0.05, 0) is 49.1 Å². The molecule has 0 aliphatic carbocycles. The average molecular weight is 455 g/mol. The van der Waals surface area contributed by atoms with Crippen LogP contribution in [0, 0.1) is 6.92 Å². The van der Waals surface area contributed by atoms with Crippen molar-refractivity contribution >= 4 is 22.9 Å². The molecule has 0 radical (unpaired) electrons. The van der Waals surface area contributed by atoms with Crippen LogP contribution >= 0.6 is 0 Å². The Morgan fingerprint density at radius 3 is 2.56 bits per heavy atom. The van der Waals surface area contributed by atoms with E-state index < -0.39 is 11.9 Å². The number of hydrogen-bond donors (Lipinski definition) is 3. The summed E-state index contributed by atoms with van der Waals surface area (Å²) in [5, 5.41) is 5.57. The quantitative estimate of drug-likeness (QED) is 0.405. The second kappa shape index (κ2) is 9.21. The smallest absolute Gasteiger partial charge is 0.263 e. The van der Waals surface area contributed by atoms with Gasteiger partial charge in [0.2, 0.25) is 0 Å². The van der Waals surface area contributed by atoms with Crippen molar-refractivity contribution in [3.05, 3.63) is 112 Å². The van der Waals surface area contributed by atoms with Gasteiger partial charge < -0.3 is 11.1 Å². The first-order chi connectivity index (χ1) is 16.3. The van der Waals surface area contributed by atoms with Crippen molar-refractivity contribution in [2.24, 2.45) is 16.6 Å². The number of nitrogens with zero attached hydrogens (tertiary/aromatic N) is 3. The van der Waals surface area contributed by atoms with Crippen LogP contribution in [0.3, 0.4) is 0 Å². The molecule has 0 bridgehead atoms. The van der Waals surface area contributed by atoms with Gasteiger partial charge in [-0.2, -0.15) is 0 Å². The summed E-state index contributed by atoms with van der Waals surface area (Å²) in [5.74, 6) is 5.62. The predicted octanol–water partition coefficient (Wildman–Crippen LogP) is 2.93. The summed E-state index contributed by atoms with van der Waals surface area (Å²) in [6.07, 6.45) is 4.70. The molecular formula is C26H26N6O2. The molecule has 172 valence electrons. The Labute approximate surface area is 197 Å². The zero-order valence-electron chi connectivity index (χ0n) is 19.0. The van der Waals surface area contributed by atoms with E-state index in [0.29, 0.717) is 16.8 Å². The molecule has 1 aliphatic rings. The summed E-state index contributed by atoms with van der Waals surface area (Å²) in [6, 6.07) is 16.4. The minimum Gasteiger partial charge on any atom is -0.398 e. The molecule has 8 nitrogen and oxygen atoms in total. The molecule has 1 unspecified atom stereocenters. The van der Waals surface area contributed by atoms with Gasteiger partial charge in [-0.1, -0.05) is 43.0 Å². The zero-order chi connectivity index (χ0) is 24.4. The molecule has 2 heterocycles. The maximum Gasteiger partial charge on any atom is 0.263 e. The van der Waals surface area contributed by atoms with Gasteiger partial charge in [-0.25, -0.2) is 10.8 Å². The van der Waals surface area contributed by atoms with Crippen molar-refractivity contribution in [3.8, 4) is 5.69 Å². The number of aliphatic imine (C=N–C) groups is 1. The predicted molar refractivity (Wildman–Crippen MR) is 135 cm³/mol. The maximum atomic E-state index is 13.7. The van der Waals surface area contributed by atoms with Gasteiger partial charge in [0.1, 0.15) is 5.57 Å². The summed E-state index contributed by atoms with van der Waals surface area (Å²) in [6.45, 7) is 7.43. The molecule has 4 rings (SSSR count). The number of rotatable bonds is 5. The number of allylic oxidation sites excluding steroid dienone is 1. The number of carbonyl (C=O) groups excluding carboxylic acids is 1. The fraction of sp³-hybridized carbons (Fsp3) is 0.115. The van der Waals surface area contributed by atoms with Crippen LogP contribution in [0.25, 0.3) is 16.5 Å². The first-order valence-corrected chi connectivity index (χ1v) is 10.7. The van der Waals surface area contributed by atoms with Crippen molar-refractivity contribution in [1.29, 1.82) is 0 Å². The van der Waals surface area contributed by atoms with Crippen LogP contribution in [0.1, 0.15) is 24.2 Å². The Balaban J connectivity index is 1.83. The molecule has 1 aromatic heterocycles. The molecule has 0 fully saturated rings. The SMILES string of the molecule is C=C(N)/C(C(=O)NC(C)c1cc2cccc(C)c2c(=O)n1-c1ccccc1)=C1/N=CC=CN1N. The van der Waals surface area contributed by atoms with E-state index in [9.17, 15) is 9.59 Å². The number of aryl methyl sites for hydroxylation is 1. The van der Waals surface area contributed by atoms with Crippen molar-refractivity contribution in [3.63, 3.8) is 0 Å². The average Bonchev–Trinajstić information content (AvgIpc) is 2.80. The lowest BCUT2D eigenvalue weighted by molar-refractivity contribution is -0.118.